The summed E-state index contributed by atoms with van der Waals surface area (Å²) in [5.74, 6) is 0.474. The van der Waals surface area contributed by atoms with Gasteiger partial charge in [0.25, 0.3) is 0 Å². The molecule has 0 aromatic heterocycles. The minimum absolute atomic E-state index is 0.108. The van der Waals surface area contributed by atoms with Crippen LogP contribution in [0.1, 0.15) is 51.9 Å². The molecule has 1 atom stereocenters. The van der Waals surface area contributed by atoms with E-state index in [1.807, 2.05) is 4.90 Å². The molecule has 2 fully saturated rings. The molecule has 1 saturated heterocycles. The van der Waals surface area contributed by atoms with E-state index in [1.165, 1.54) is 19.3 Å². The SMILES string of the molecule is CC(Cl)C(=O)NC1CCN(C(=O)C2CCCCC2)CC1. The van der Waals surface area contributed by atoms with Crippen LogP contribution in [0.15, 0.2) is 0 Å². The highest BCUT2D eigenvalue weighted by Crippen LogP contribution is 2.26. The Hall–Kier alpha value is -0.770. The van der Waals surface area contributed by atoms with Crippen LogP contribution < -0.4 is 5.32 Å². The first kappa shape index (κ1) is 15.6. The molecule has 1 aliphatic carbocycles. The zero-order valence-electron chi connectivity index (χ0n) is 12.2. The van der Waals surface area contributed by atoms with E-state index >= 15 is 0 Å². The predicted octanol–water partition coefficient (Wildman–Crippen LogP) is 2.30. The first-order chi connectivity index (χ1) is 9.58. The summed E-state index contributed by atoms with van der Waals surface area (Å²) in [5.41, 5.74) is 0. The van der Waals surface area contributed by atoms with E-state index in [0.29, 0.717) is 5.91 Å². The number of halogens is 1. The van der Waals surface area contributed by atoms with Crippen molar-refractivity contribution >= 4 is 23.4 Å². The van der Waals surface area contributed by atoms with Crippen molar-refractivity contribution in [2.45, 2.75) is 63.3 Å². The highest BCUT2D eigenvalue weighted by molar-refractivity contribution is 6.30. The van der Waals surface area contributed by atoms with Crippen molar-refractivity contribution in [2.24, 2.45) is 5.92 Å². The quantitative estimate of drug-likeness (QED) is 0.813. The van der Waals surface area contributed by atoms with Gasteiger partial charge < -0.3 is 10.2 Å². The largest absolute Gasteiger partial charge is 0.352 e. The van der Waals surface area contributed by atoms with Gasteiger partial charge in [-0.15, -0.1) is 11.6 Å². The molecular formula is C15H25ClN2O2. The van der Waals surface area contributed by atoms with Crippen molar-refractivity contribution in [1.82, 2.24) is 10.2 Å². The fourth-order valence-electron chi connectivity index (χ4n) is 3.17. The summed E-state index contributed by atoms with van der Waals surface area (Å²) in [6.07, 6.45) is 7.45. The smallest absolute Gasteiger partial charge is 0.237 e. The van der Waals surface area contributed by atoms with E-state index in [2.05, 4.69) is 5.32 Å². The van der Waals surface area contributed by atoms with Crippen LogP contribution in [0.25, 0.3) is 0 Å². The fraction of sp³-hybridized carbons (Fsp3) is 0.867. The van der Waals surface area contributed by atoms with Crippen LogP contribution in [-0.2, 0) is 9.59 Å². The van der Waals surface area contributed by atoms with Gasteiger partial charge in [0.1, 0.15) is 5.38 Å². The van der Waals surface area contributed by atoms with Gasteiger partial charge in [0.15, 0.2) is 0 Å². The molecule has 1 unspecified atom stereocenters. The van der Waals surface area contributed by atoms with Crippen LogP contribution in [0, 0.1) is 5.92 Å². The third-order valence-electron chi connectivity index (χ3n) is 4.47. The van der Waals surface area contributed by atoms with Gasteiger partial charge in [0, 0.05) is 25.0 Å². The summed E-state index contributed by atoms with van der Waals surface area (Å²) in [6.45, 7) is 3.20. The number of amides is 2. The van der Waals surface area contributed by atoms with E-state index in [0.717, 1.165) is 38.8 Å². The van der Waals surface area contributed by atoms with Crippen LogP contribution in [0.5, 0.6) is 0 Å². The van der Waals surface area contributed by atoms with E-state index < -0.39 is 5.38 Å². The molecule has 0 radical (unpaired) electrons. The number of likely N-dealkylation sites (tertiary alicyclic amines) is 1. The van der Waals surface area contributed by atoms with Gasteiger partial charge in [0.05, 0.1) is 0 Å². The summed E-state index contributed by atoms with van der Waals surface area (Å²) in [4.78, 5) is 25.9. The maximum Gasteiger partial charge on any atom is 0.237 e. The van der Waals surface area contributed by atoms with Crippen molar-refractivity contribution < 1.29 is 9.59 Å². The lowest BCUT2D eigenvalue weighted by atomic mass is 9.87. The molecular weight excluding hydrogens is 276 g/mol. The molecule has 2 rings (SSSR count). The molecule has 114 valence electrons. The van der Waals surface area contributed by atoms with Crippen molar-refractivity contribution in [3.63, 3.8) is 0 Å². The molecule has 0 bridgehead atoms. The molecule has 1 heterocycles. The average Bonchev–Trinajstić information content (AvgIpc) is 2.48. The lowest BCUT2D eigenvalue weighted by molar-refractivity contribution is -0.137. The minimum atomic E-state index is -0.489. The molecule has 1 aliphatic heterocycles. The van der Waals surface area contributed by atoms with E-state index in [-0.39, 0.29) is 17.9 Å². The van der Waals surface area contributed by atoms with Crippen LogP contribution in [0.2, 0.25) is 0 Å². The van der Waals surface area contributed by atoms with Gasteiger partial charge >= 0.3 is 0 Å². The van der Waals surface area contributed by atoms with Crippen molar-refractivity contribution in [3.05, 3.63) is 0 Å². The highest BCUT2D eigenvalue weighted by Gasteiger charge is 2.29. The Morgan fingerprint density at radius 2 is 1.70 bits per heavy atom. The van der Waals surface area contributed by atoms with E-state index in [9.17, 15) is 9.59 Å². The zero-order valence-corrected chi connectivity index (χ0v) is 13.0. The minimum Gasteiger partial charge on any atom is -0.352 e. The average molecular weight is 301 g/mol. The number of hydrogen-bond acceptors (Lipinski definition) is 2. The Morgan fingerprint density at radius 3 is 2.25 bits per heavy atom. The number of carbonyl (C=O) groups excluding carboxylic acids is 2. The van der Waals surface area contributed by atoms with E-state index in [4.69, 9.17) is 11.6 Å². The fourth-order valence-corrected chi connectivity index (χ4v) is 3.23. The maximum atomic E-state index is 12.4. The summed E-state index contributed by atoms with van der Waals surface area (Å²) < 4.78 is 0. The molecule has 5 heteroatoms. The molecule has 1 N–H and O–H groups in total. The van der Waals surface area contributed by atoms with Gasteiger partial charge in [-0.1, -0.05) is 19.3 Å². The van der Waals surface area contributed by atoms with Crippen LogP contribution >= 0.6 is 11.6 Å². The Morgan fingerprint density at radius 1 is 1.10 bits per heavy atom. The van der Waals surface area contributed by atoms with Crippen LogP contribution in [0.3, 0.4) is 0 Å². The normalized spacial score (nSPS) is 23.4. The molecule has 0 aromatic rings. The second kappa shape index (κ2) is 7.30. The van der Waals surface area contributed by atoms with Gasteiger partial charge in [-0.05, 0) is 32.6 Å². The van der Waals surface area contributed by atoms with Gasteiger partial charge in [-0.3, -0.25) is 9.59 Å². The first-order valence-electron chi connectivity index (χ1n) is 7.81. The summed E-state index contributed by atoms with van der Waals surface area (Å²) in [5, 5.41) is 2.46. The number of alkyl halides is 1. The number of rotatable bonds is 3. The predicted molar refractivity (Wildman–Crippen MR) is 79.6 cm³/mol. The van der Waals surface area contributed by atoms with Crippen LogP contribution in [0.4, 0.5) is 0 Å². The van der Waals surface area contributed by atoms with Crippen LogP contribution in [-0.4, -0.2) is 41.2 Å². The Bertz CT molecular complexity index is 346. The lowest BCUT2D eigenvalue weighted by Gasteiger charge is -2.35. The summed E-state index contributed by atoms with van der Waals surface area (Å²) >= 11 is 5.75. The number of nitrogens with one attached hydrogen (secondary N) is 1. The molecule has 0 aromatic carbocycles. The number of piperidine rings is 1. The second-order valence-corrected chi connectivity index (χ2v) is 6.71. The molecule has 2 amide bonds. The topological polar surface area (TPSA) is 49.4 Å². The lowest BCUT2D eigenvalue weighted by Crippen LogP contribution is -2.49. The standard InChI is InChI=1S/C15H25ClN2O2/c1-11(16)14(19)17-13-7-9-18(10-8-13)15(20)12-5-3-2-4-6-12/h11-13H,2-10H2,1H3,(H,17,19). The van der Waals surface area contributed by atoms with Gasteiger partial charge in [0.2, 0.25) is 11.8 Å². The molecule has 2 aliphatic rings. The number of carbonyl (C=O) groups is 2. The Kier molecular flexibility index (Phi) is 5.70. The zero-order chi connectivity index (χ0) is 14.5. The first-order valence-corrected chi connectivity index (χ1v) is 8.25. The third kappa shape index (κ3) is 4.11. The third-order valence-corrected chi connectivity index (χ3v) is 4.67. The maximum absolute atomic E-state index is 12.4. The highest BCUT2D eigenvalue weighted by atomic mass is 35.5. The molecule has 4 nitrogen and oxygen atoms in total. The summed E-state index contributed by atoms with van der Waals surface area (Å²) in [6, 6.07) is 0.166. The summed E-state index contributed by atoms with van der Waals surface area (Å²) in [7, 11) is 0. The Balaban J connectivity index is 1.76. The molecule has 20 heavy (non-hydrogen) atoms. The van der Waals surface area contributed by atoms with Crippen molar-refractivity contribution in [2.75, 3.05) is 13.1 Å². The van der Waals surface area contributed by atoms with Gasteiger partial charge in [-0.25, -0.2) is 0 Å². The number of nitrogens with zero attached hydrogens (tertiary/aromatic N) is 1. The molecule has 1 saturated carbocycles. The Labute approximate surface area is 126 Å². The van der Waals surface area contributed by atoms with E-state index in [1.54, 1.807) is 6.92 Å². The monoisotopic (exact) mass is 300 g/mol. The molecule has 0 spiro atoms. The number of hydrogen-bond donors (Lipinski definition) is 1. The second-order valence-electron chi connectivity index (χ2n) is 6.06. The van der Waals surface area contributed by atoms with Crippen molar-refractivity contribution in [1.29, 1.82) is 0 Å². The van der Waals surface area contributed by atoms with Crippen molar-refractivity contribution in [3.8, 4) is 0 Å². The van der Waals surface area contributed by atoms with Gasteiger partial charge in [-0.2, -0.15) is 0 Å².